The van der Waals surface area contributed by atoms with Crippen LogP contribution < -0.4 is 4.90 Å². The van der Waals surface area contributed by atoms with E-state index in [4.69, 9.17) is 16.3 Å². The van der Waals surface area contributed by atoms with Crippen LogP contribution in [-0.4, -0.2) is 38.6 Å². The molecule has 0 fully saturated rings. The monoisotopic (exact) mass is 483 g/mol. The third-order valence-electron chi connectivity index (χ3n) is 5.10. The van der Waals surface area contributed by atoms with E-state index in [9.17, 15) is 22.8 Å². The van der Waals surface area contributed by atoms with E-state index in [-0.39, 0.29) is 40.4 Å². The smallest absolute Gasteiger partial charge is 0.338 e. The number of carbonyl (C=O) groups is 3. The summed E-state index contributed by atoms with van der Waals surface area (Å²) >= 11 is 5.87. The van der Waals surface area contributed by atoms with Crippen LogP contribution >= 0.6 is 11.6 Å². The van der Waals surface area contributed by atoms with Gasteiger partial charge in [-0.15, -0.1) is 0 Å². The number of hydrogen-bond donors (Lipinski definition) is 0. The number of amides is 2. The van der Waals surface area contributed by atoms with Gasteiger partial charge in [-0.25, -0.2) is 18.1 Å². The zero-order chi connectivity index (χ0) is 23.6. The molecule has 7 nitrogen and oxygen atoms in total. The first-order valence-electron chi connectivity index (χ1n) is 10.0. The first-order valence-corrected chi connectivity index (χ1v) is 12.0. The molecule has 0 aliphatic carbocycles. The number of ether oxygens (including phenoxy) is 1. The third-order valence-corrected chi connectivity index (χ3v) is 7.17. The van der Waals surface area contributed by atoms with Gasteiger partial charge < -0.3 is 4.74 Å². The summed E-state index contributed by atoms with van der Waals surface area (Å²) < 4.78 is 29.8. The van der Waals surface area contributed by atoms with Gasteiger partial charge in [0.1, 0.15) is 0 Å². The molecule has 0 saturated carbocycles. The standard InChI is InChI=1S/C24H18ClNO6S/c25-17-8-10-18(11-9-17)26-22(27)20-12-7-16(15-21(20)23(26)28)24(29)32-13-4-14-33(30,31)19-5-2-1-3-6-19/h1-3,5-12,15H,4,13-14H2. The number of hydrogen-bond acceptors (Lipinski definition) is 6. The van der Waals surface area contributed by atoms with Crippen molar-refractivity contribution in [2.24, 2.45) is 0 Å². The Labute approximate surface area is 195 Å². The highest BCUT2D eigenvalue weighted by atomic mass is 35.5. The number of nitrogens with zero attached hydrogens (tertiary/aromatic N) is 1. The van der Waals surface area contributed by atoms with Crippen LogP contribution in [0.5, 0.6) is 0 Å². The SMILES string of the molecule is O=C(OCCCS(=O)(=O)c1ccccc1)c1ccc2c(c1)C(=O)N(c1ccc(Cl)cc1)C2=O. The number of benzene rings is 3. The van der Waals surface area contributed by atoms with Crippen LogP contribution in [0.3, 0.4) is 0 Å². The third kappa shape index (κ3) is 4.67. The topological polar surface area (TPSA) is 97.8 Å². The molecule has 9 heteroatoms. The minimum atomic E-state index is -3.47. The Morgan fingerprint density at radius 1 is 0.879 bits per heavy atom. The average Bonchev–Trinajstić information content (AvgIpc) is 3.07. The van der Waals surface area contributed by atoms with Gasteiger partial charge in [0.05, 0.1) is 39.6 Å². The number of carbonyl (C=O) groups excluding carboxylic acids is 3. The van der Waals surface area contributed by atoms with Crippen LogP contribution in [0.25, 0.3) is 0 Å². The van der Waals surface area contributed by atoms with E-state index in [2.05, 4.69) is 0 Å². The van der Waals surface area contributed by atoms with Gasteiger partial charge in [-0.1, -0.05) is 29.8 Å². The van der Waals surface area contributed by atoms with Crippen molar-refractivity contribution in [1.82, 2.24) is 0 Å². The molecule has 1 heterocycles. The van der Waals surface area contributed by atoms with Gasteiger partial charge in [0, 0.05) is 5.02 Å². The van der Waals surface area contributed by atoms with Crippen molar-refractivity contribution < 1.29 is 27.5 Å². The predicted molar refractivity (Wildman–Crippen MR) is 122 cm³/mol. The van der Waals surface area contributed by atoms with E-state index in [1.807, 2.05) is 0 Å². The average molecular weight is 484 g/mol. The molecule has 3 aromatic carbocycles. The highest BCUT2D eigenvalue weighted by Gasteiger charge is 2.37. The summed E-state index contributed by atoms with van der Waals surface area (Å²) in [5.41, 5.74) is 0.740. The highest BCUT2D eigenvalue weighted by molar-refractivity contribution is 7.91. The van der Waals surface area contributed by atoms with Crippen molar-refractivity contribution in [3.8, 4) is 0 Å². The van der Waals surface area contributed by atoms with E-state index in [0.717, 1.165) is 4.90 Å². The van der Waals surface area contributed by atoms with Crippen molar-refractivity contribution >= 4 is 44.9 Å². The van der Waals surface area contributed by atoms with Crippen LogP contribution in [0.15, 0.2) is 77.7 Å². The zero-order valence-corrected chi connectivity index (χ0v) is 18.8. The molecule has 33 heavy (non-hydrogen) atoms. The molecule has 0 spiro atoms. The molecule has 0 N–H and O–H groups in total. The van der Waals surface area contributed by atoms with E-state index >= 15 is 0 Å². The number of fused-ring (bicyclic) bond motifs is 1. The molecule has 0 unspecified atom stereocenters. The Kier molecular flexibility index (Phi) is 6.31. The van der Waals surface area contributed by atoms with Crippen LogP contribution in [-0.2, 0) is 14.6 Å². The lowest BCUT2D eigenvalue weighted by Gasteiger charge is -2.13. The zero-order valence-electron chi connectivity index (χ0n) is 17.2. The van der Waals surface area contributed by atoms with Gasteiger partial charge in [-0.2, -0.15) is 0 Å². The summed E-state index contributed by atoms with van der Waals surface area (Å²) in [5.74, 6) is -1.93. The Hall–Kier alpha value is -3.49. The molecule has 3 aromatic rings. The van der Waals surface area contributed by atoms with Gasteiger partial charge in [0.15, 0.2) is 9.84 Å². The Bertz CT molecular complexity index is 1340. The highest BCUT2D eigenvalue weighted by Crippen LogP contribution is 2.30. The number of halogens is 1. The van der Waals surface area contributed by atoms with Crippen LogP contribution in [0, 0.1) is 0 Å². The summed E-state index contributed by atoms with van der Waals surface area (Å²) in [6.45, 7) is -0.105. The molecule has 2 amide bonds. The van der Waals surface area contributed by atoms with Crippen molar-refractivity contribution in [3.63, 3.8) is 0 Å². The predicted octanol–water partition coefficient (Wildman–Crippen LogP) is 4.16. The first kappa shape index (κ1) is 22.7. The lowest BCUT2D eigenvalue weighted by molar-refractivity contribution is 0.0505. The summed E-state index contributed by atoms with van der Waals surface area (Å²) in [7, 11) is -3.47. The van der Waals surface area contributed by atoms with Gasteiger partial charge in [-0.05, 0) is 61.0 Å². The number of anilines is 1. The molecule has 0 atom stereocenters. The molecule has 168 valence electrons. The normalized spacial score (nSPS) is 13.2. The lowest BCUT2D eigenvalue weighted by Crippen LogP contribution is -2.29. The Morgan fingerprint density at radius 3 is 2.24 bits per heavy atom. The minimum Gasteiger partial charge on any atom is -0.462 e. The number of sulfone groups is 1. The maximum atomic E-state index is 12.8. The van der Waals surface area contributed by atoms with Gasteiger partial charge in [0.2, 0.25) is 0 Å². The lowest BCUT2D eigenvalue weighted by atomic mass is 10.1. The van der Waals surface area contributed by atoms with E-state index in [1.165, 1.54) is 30.3 Å². The fourth-order valence-corrected chi connectivity index (χ4v) is 4.87. The molecule has 1 aliphatic rings. The van der Waals surface area contributed by atoms with Crippen LogP contribution in [0.4, 0.5) is 5.69 Å². The Morgan fingerprint density at radius 2 is 1.55 bits per heavy atom. The fourth-order valence-electron chi connectivity index (χ4n) is 3.44. The Balaban J connectivity index is 1.40. The van der Waals surface area contributed by atoms with Crippen molar-refractivity contribution in [2.45, 2.75) is 11.3 Å². The molecule has 0 saturated heterocycles. The quantitative estimate of drug-likeness (QED) is 0.284. The van der Waals surface area contributed by atoms with Gasteiger partial charge >= 0.3 is 5.97 Å². The van der Waals surface area contributed by atoms with Gasteiger partial charge in [0.25, 0.3) is 11.8 Å². The second kappa shape index (κ2) is 9.17. The number of rotatable bonds is 7. The van der Waals surface area contributed by atoms with E-state index < -0.39 is 27.6 Å². The van der Waals surface area contributed by atoms with E-state index in [1.54, 1.807) is 42.5 Å². The molecular formula is C24H18ClNO6S. The first-order chi connectivity index (χ1) is 15.8. The second-order valence-electron chi connectivity index (χ2n) is 7.30. The molecule has 1 aliphatic heterocycles. The van der Waals surface area contributed by atoms with E-state index in [0.29, 0.717) is 10.7 Å². The molecule has 0 aromatic heterocycles. The molecule has 4 rings (SSSR count). The maximum absolute atomic E-state index is 12.8. The summed E-state index contributed by atoms with van der Waals surface area (Å²) in [6.07, 6.45) is 0.121. The van der Waals surface area contributed by atoms with Crippen LogP contribution in [0.2, 0.25) is 5.02 Å². The molecule has 0 radical (unpaired) electrons. The second-order valence-corrected chi connectivity index (χ2v) is 9.85. The molecule has 0 bridgehead atoms. The summed E-state index contributed by atoms with van der Waals surface area (Å²) in [4.78, 5) is 39.2. The minimum absolute atomic E-state index is 0.0936. The largest absolute Gasteiger partial charge is 0.462 e. The van der Waals surface area contributed by atoms with Crippen molar-refractivity contribution in [3.05, 3.63) is 94.5 Å². The van der Waals surface area contributed by atoms with Gasteiger partial charge in [-0.3, -0.25) is 9.59 Å². The van der Waals surface area contributed by atoms with Crippen molar-refractivity contribution in [2.75, 3.05) is 17.3 Å². The van der Waals surface area contributed by atoms with Crippen molar-refractivity contribution in [1.29, 1.82) is 0 Å². The summed E-state index contributed by atoms with van der Waals surface area (Å²) in [6, 6.07) is 18.4. The van der Waals surface area contributed by atoms with Crippen LogP contribution in [0.1, 0.15) is 37.5 Å². The fraction of sp³-hybridized carbons (Fsp3) is 0.125. The summed E-state index contributed by atoms with van der Waals surface area (Å²) in [5, 5.41) is 0.469. The number of imide groups is 1. The number of esters is 1. The maximum Gasteiger partial charge on any atom is 0.338 e. The molecular weight excluding hydrogens is 466 g/mol.